The van der Waals surface area contributed by atoms with Crippen LogP contribution in [0.5, 0.6) is 0 Å². The molecule has 2 heteroatoms. The lowest BCUT2D eigenvalue weighted by Gasteiger charge is -2.37. The van der Waals surface area contributed by atoms with E-state index >= 15 is 0 Å². The van der Waals surface area contributed by atoms with Crippen molar-refractivity contribution in [2.45, 2.75) is 69.3 Å². The van der Waals surface area contributed by atoms with Gasteiger partial charge in [-0.3, -0.25) is 4.79 Å². The summed E-state index contributed by atoms with van der Waals surface area (Å²) in [5.74, 6) is 0.914. The van der Waals surface area contributed by atoms with Crippen molar-refractivity contribution in [3.05, 3.63) is 11.6 Å². The van der Waals surface area contributed by atoms with Gasteiger partial charge in [0.15, 0.2) is 0 Å². The number of Topliss-reactive ketones (excluding diaryl/α,β-unsaturated/α-hetero) is 1. The van der Waals surface area contributed by atoms with E-state index in [9.17, 15) is 4.79 Å². The Morgan fingerprint density at radius 2 is 1.88 bits per heavy atom. The number of ketones is 1. The number of fused-ring (bicyclic) bond motifs is 2. The lowest BCUT2D eigenvalue weighted by molar-refractivity contribution is -0.123. The number of rotatable bonds is 4. The van der Waals surface area contributed by atoms with E-state index in [1.54, 1.807) is 0 Å². The highest BCUT2D eigenvalue weighted by molar-refractivity contribution is 8.00. The number of thioether (sulfide) groups is 1. The van der Waals surface area contributed by atoms with Crippen LogP contribution in [-0.4, -0.2) is 16.3 Å². The Balaban J connectivity index is 1.81. The second kappa shape index (κ2) is 6.08. The minimum atomic E-state index is 0.386. The first-order valence-electron chi connectivity index (χ1n) is 6.96. The highest BCUT2D eigenvalue weighted by Gasteiger charge is 2.34. The van der Waals surface area contributed by atoms with E-state index in [0.29, 0.717) is 11.7 Å². The molecular weight excluding hydrogens is 228 g/mol. The van der Waals surface area contributed by atoms with Crippen LogP contribution >= 0.6 is 11.8 Å². The van der Waals surface area contributed by atoms with Crippen LogP contribution in [0.4, 0.5) is 0 Å². The summed E-state index contributed by atoms with van der Waals surface area (Å²) in [5.41, 5.74) is 1.33. The van der Waals surface area contributed by atoms with Crippen LogP contribution < -0.4 is 0 Å². The standard InChI is InChI=1S/C15H24OS/c1-11(2)5-3-8-15(16)12-9-13-6-4-7-14(10-12)17-13/h5,12-14H,3-4,6-10H2,1-2H3. The van der Waals surface area contributed by atoms with Crippen LogP contribution in [0.25, 0.3) is 0 Å². The van der Waals surface area contributed by atoms with Gasteiger partial charge in [0.05, 0.1) is 0 Å². The van der Waals surface area contributed by atoms with Crippen molar-refractivity contribution < 1.29 is 4.79 Å². The topological polar surface area (TPSA) is 17.1 Å². The van der Waals surface area contributed by atoms with Crippen molar-refractivity contribution in [2.75, 3.05) is 0 Å². The van der Waals surface area contributed by atoms with E-state index in [2.05, 4.69) is 31.7 Å². The minimum absolute atomic E-state index is 0.386. The molecule has 2 aliphatic heterocycles. The molecule has 0 amide bonds. The molecule has 2 unspecified atom stereocenters. The van der Waals surface area contributed by atoms with Crippen LogP contribution in [-0.2, 0) is 4.79 Å². The molecule has 0 aliphatic carbocycles. The molecule has 2 bridgehead atoms. The van der Waals surface area contributed by atoms with E-state index in [0.717, 1.165) is 36.2 Å². The largest absolute Gasteiger partial charge is 0.299 e. The second-order valence-corrected chi connectivity index (χ2v) is 7.37. The summed E-state index contributed by atoms with van der Waals surface area (Å²) >= 11 is 2.16. The fourth-order valence-corrected chi connectivity index (χ4v) is 4.87. The van der Waals surface area contributed by atoms with Crippen molar-refractivity contribution >= 4 is 17.5 Å². The molecule has 0 aromatic carbocycles. The maximum absolute atomic E-state index is 12.2. The molecule has 0 saturated carbocycles. The average molecular weight is 252 g/mol. The lowest BCUT2D eigenvalue weighted by Crippen LogP contribution is -2.32. The minimum Gasteiger partial charge on any atom is -0.299 e. The monoisotopic (exact) mass is 252 g/mol. The van der Waals surface area contributed by atoms with Gasteiger partial charge >= 0.3 is 0 Å². The van der Waals surface area contributed by atoms with Crippen LogP contribution in [0.1, 0.15) is 58.8 Å². The molecule has 0 aromatic rings. The molecule has 0 spiro atoms. The van der Waals surface area contributed by atoms with Gasteiger partial charge in [-0.15, -0.1) is 0 Å². The van der Waals surface area contributed by atoms with Gasteiger partial charge in [0.1, 0.15) is 5.78 Å². The van der Waals surface area contributed by atoms with Gasteiger partial charge in [0, 0.05) is 22.8 Å². The smallest absolute Gasteiger partial charge is 0.136 e. The van der Waals surface area contributed by atoms with Crippen molar-refractivity contribution in [1.82, 2.24) is 0 Å². The van der Waals surface area contributed by atoms with Gasteiger partial charge in [-0.05, 0) is 46.0 Å². The van der Waals surface area contributed by atoms with Crippen LogP contribution in [0.3, 0.4) is 0 Å². The quantitative estimate of drug-likeness (QED) is 0.691. The Labute approximate surface area is 109 Å². The molecular formula is C15H24OS. The van der Waals surface area contributed by atoms with Crippen molar-refractivity contribution in [3.63, 3.8) is 0 Å². The zero-order chi connectivity index (χ0) is 12.3. The Bertz CT molecular complexity index is 292. The van der Waals surface area contributed by atoms with Gasteiger partial charge in [-0.2, -0.15) is 11.8 Å². The fraction of sp³-hybridized carbons (Fsp3) is 0.800. The lowest BCUT2D eigenvalue weighted by atomic mass is 9.85. The molecule has 2 fully saturated rings. The molecule has 17 heavy (non-hydrogen) atoms. The molecule has 2 saturated heterocycles. The predicted octanol–water partition coefficient (Wildman–Crippen LogP) is 4.37. The number of allylic oxidation sites excluding steroid dienone is 2. The van der Waals surface area contributed by atoms with Crippen molar-refractivity contribution in [1.29, 1.82) is 0 Å². The Morgan fingerprint density at radius 1 is 1.24 bits per heavy atom. The zero-order valence-electron chi connectivity index (χ0n) is 11.1. The highest BCUT2D eigenvalue weighted by Crippen LogP contribution is 2.44. The molecule has 2 aliphatic rings. The Hall–Kier alpha value is -0.240. The predicted molar refractivity (Wildman–Crippen MR) is 75.4 cm³/mol. The van der Waals surface area contributed by atoms with E-state index in [4.69, 9.17) is 0 Å². The zero-order valence-corrected chi connectivity index (χ0v) is 11.9. The van der Waals surface area contributed by atoms with Gasteiger partial charge < -0.3 is 0 Å². The summed E-state index contributed by atoms with van der Waals surface area (Å²) < 4.78 is 0. The third-order valence-corrected chi connectivity index (χ3v) is 5.56. The van der Waals surface area contributed by atoms with Gasteiger partial charge in [-0.25, -0.2) is 0 Å². The van der Waals surface area contributed by atoms with E-state index in [1.165, 1.54) is 24.8 Å². The van der Waals surface area contributed by atoms with Crippen LogP contribution in [0.15, 0.2) is 11.6 Å². The molecule has 1 nitrogen and oxygen atoms in total. The fourth-order valence-electron chi connectivity index (χ4n) is 3.03. The summed E-state index contributed by atoms with van der Waals surface area (Å²) in [5, 5.41) is 1.58. The van der Waals surface area contributed by atoms with Gasteiger partial charge in [0.25, 0.3) is 0 Å². The first-order chi connectivity index (χ1) is 8.15. The van der Waals surface area contributed by atoms with E-state index < -0.39 is 0 Å². The number of hydrogen-bond donors (Lipinski definition) is 0. The molecule has 2 rings (SSSR count). The molecule has 2 atom stereocenters. The summed E-state index contributed by atoms with van der Waals surface area (Å²) in [6.45, 7) is 4.21. The normalized spacial score (nSPS) is 32.0. The highest BCUT2D eigenvalue weighted by atomic mass is 32.2. The first kappa shape index (κ1) is 13.2. The maximum Gasteiger partial charge on any atom is 0.136 e. The molecule has 0 aromatic heterocycles. The Morgan fingerprint density at radius 3 is 2.47 bits per heavy atom. The van der Waals surface area contributed by atoms with E-state index in [-0.39, 0.29) is 0 Å². The number of carbonyl (C=O) groups excluding carboxylic acids is 1. The average Bonchev–Trinajstić information content (AvgIpc) is 2.27. The third kappa shape index (κ3) is 3.87. The van der Waals surface area contributed by atoms with E-state index in [1.807, 2.05) is 0 Å². The van der Waals surface area contributed by atoms with Crippen LogP contribution in [0.2, 0.25) is 0 Å². The first-order valence-corrected chi connectivity index (χ1v) is 7.91. The number of carbonyl (C=O) groups is 1. The molecule has 96 valence electrons. The van der Waals surface area contributed by atoms with Crippen molar-refractivity contribution in [3.8, 4) is 0 Å². The second-order valence-electron chi connectivity index (χ2n) is 5.77. The summed E-state index contributed by atoms with van der Waals surface area (Å²) in [6, 6.07) is 0. The number of hydrogen-bond acceptors (Lipinski definition) is 2. The van der Waals surface area contributed by atoms with Gasteiger partial charge in [0.2, 0.25) is 0 Å². The molecule has 0 N–H and O–H groups in total. The molecule has 2 heterocycles. The van der Waals surface area contributed by atoms with Crippen molar-refractivity contribution in [2.24, 2.45) is 5.92 Å². The SMILES string of the molecule is CC(C)=CCCC(=O)C1CC2CCCC(C1)S2. The van der Waals surface area contributed by atoms with Crippen LogP contribution in [0, 0.1) is 5.92 Å². The maximum atomic E-state index is 12.2. The summed E-state index contributed by atoms with van der Waals surface area (Å²) in [4.78, 5) is 12.2. The van der Waals surface area contributed by atoms with Gasteiger partial charge in [-0.1, -0.05) is 18.1 Å². The Kier molecular flexibility index (Phi) is 4.72. The molecule has 0 radical (unpaired) electrons. The summed E-state index contributed by atoms with van der Waals surface area (Å²) in [6.07, 6.45) is 10.3. The third-order valence-electron chi connectivity index (χ3n) is 3.93. The summed E-state index contributed by atoms with van der Waals surface area (Å²) in [7, 11) is 0.